The van der Waals surface area contributed by atoms with Crippen LogP contribution in [0.25, 0.3) is 0 Å². The van der Waals surface area contributed by atoms with E-state index in [4.69, 9.17) is 11.6 Å². The van der Waals surface area contributed by atoms with Crippen molar-refractivity contribution in [3.05, 3.63) is 23.5 Å². The number of hydrogen-bond donors (Lipinski definition) is 0. The van der Waals surface area contributed by atoms with Gasteiger partial charge in [-0.05, 0) is 39.1 Å². The third kappa shape index (κ3) is 3.08. The molecule has 0 spiro atoms. The van der Waals surface area contributed by atoms with E-state index in [0.29, 0.717) is 13.1 Å². The van der Waals surface area contributed by atoms with Crippen molar-refractivity contribution in [2.45, 2.75) is 23.8 Å². The highest BCUT2D eigenvalue weighted by molar-refractivity contribution is 7.89. The fourth-order valence-corrected chi connectivity index (χ4v) is 4.21. The van der Waals surface area contributed by atoms with E-state index in [-0.39, 0.29) is 16.1 Å². The minimum Gasteiger partial charge on any atom is -0.305 e. The van der Waals surface area contributed by atoms with Gasteiger partial charge >= 0.3 is 0 Å². The predicted molar refractivity (Wildman–Crippen MR) is 74.7 cm³/mol. The average Bonchev–Trinajstić information content (AvgIpc) is 2.39. The molecule has 1 aromatic heterocycles. The topological polar surface area (TPSA) is 53.5 Å². The Morgan fingerprint density at radius 1 is 1.47 bits per heavy atom. The lowest BCUT2D eigenvalue weighted by Crippen LogP contribution is -2.47. The Kier molecular flexibility index (Phi) is 4.45. The zero-order chi connectivity index (χ0) is 14.0. The molecule has 7 heteroatoms. The quantitative estimate of drug-likeness (QED) is 0.793. The molecule has 0 radical (unpaired) electrons. The Morgan fingerprint density at radius 2 is 2.21 bits per heavy atom. The molecule has 2 heterocycles. The molecule has 0 amide bonds. The molecule has 1 atom stereocenters. The van der Waals surface area contributed by atoms with Gasteiger partial charge in [0.2, 0.25) is 10.0 Å². The number of piperidine rings is 1. The Morgan fingerprint density at radius 3 is 2.84 bits per heavy atom. The van der Waals surface area contributed by atoms with Crippen LogP contribution in [0.15, 0.2) is 23.2 Å². The van der Waals surface area contributed by atoms with Gasteiger partial charge in [0.15, 0.2) is 0 Å². The van der Waals surface area contributed by atoms with Gasteiger partial charge in [0.1, 0.15) is 10.0 Å². The maximum absolute atomic E-state index is 12.6. The monoisotopic (exact) mass is 303 g/mol. The van der Waals surface area contributed by atoms with E-state index in [1.807, 2.05) is 14.1 Å². The largest absolute Gasteiger partial charge is 0.305 e. The smallest absolute Gasteiger partial charge is 0.246 e. The number of aromatic nitrogens is 1. The first kappa shape index (κ1) is 14.7. The summed E-state index contributed by atoms with van der Waals surface area (Å²) in [6, 6.07) is 3.34. The first-order valence-corrected chi connectivity index (χ1v) is 8.02. The summed E-state index contributed by atoms with van der Waals surface area (Å²) in [5, 5.41) is 0.0366. The SMILES string of the molecule is CN(C)C1CCCN(S(=O)(=O)c2cccnc2Cl)C1. The maximum Gasteiger partial charge on any atom is 0.246 e. The molecule has 1 aliphatic heterocycles. The van der Waals surface area contributed by atoms with Gasteiger partial charge in [-0.2, -0.15) is 4.31 Å². The van der Waals surface area contributed by atoms with Gasteiger partial charge in [-0.3, -0.25) is 0 Å². The molecule has 1 aromatic rings. The van der Waals surface area contributed by atoms with Crippen LogP contribution >= 0.6 is 11.6 Å². The van der Waals surface area contributed by atoms with Gasteiger partial charge in [0.25, 0.3) is 0 Å². The molecule has 0 bridgehead atoms. The number of nitrogens with zero attached hydrogens (tertiary/aromatic N) is 3. The van der Waals surface area contributed by atoms with Crippen molar-refractivity contribution in [3.63, 3.8) is 0 Å². The molecule has 19 heavy (non-hydrogen) atoms. The summed E-state index contributed by atoms with van der Waals surface area (Å²) in [6.07, 6.45) is 3.36. The van der Waals surface area contributed by atoms with Crippen LogP contribution in [0.3, 0.4) is 0 Å². The number of sulfonamides is 1. The number of pyridine rings is 1. The molecule has 1 aliphatic rings. The minimum absolute atomic E-state index is 0.0366. The van der Waals surface area contributed by atoms with Crippen LogP contribution in [0.2, 0.25) is 5.15 Å². The molecule has 1 fully saturated rings. The first-order valence-electron chi connectivity index (χ1n) is 6.20. The van der Waals surface area contributed by atoms with E-state index >= 15 is 0 Å². The molecule has 2 rings (SSSR count). The van der Waals surface area contributed by atoms with Crippen LogP contribution in [-0.2, 0) is 10.0 Å². The van der Waals surface area contributed by atoms with Crippen molar-refractivity contribution >= 4 is 21.6 Å². The zero-order valence-electron chi connectivity index (χ0n) is 11.1. The Balaban J connectivity index is 2.28. The standard InChI is InChI=1S/C12H18ClN3O2S/c1-15(2)10-5-4-8-16(9-10)19(17,18)11-6-3-7-14-12(11)13/h3,6-7,10H,4-5,8-9H2,1-2H3. The first-order chi connectivity index (χ1) is 8.93. The number of halogens is 1. The van der Waals surface area contributed by atoms with Crippen molar-refractivity contribution in [2.24, 2.45) is 0 Å². The molecule has 5 nitrogen and oxygen atoms in total. The molecule has 0 N–H and O–H groups in total. The number of hydrogen-bond acceptors (Lipinski definition) is 4. The fourth-order valence-electron chi connectivity index (χ4n) is 2.26. The third-order valence-electron chi connectivity index (χ3n) is 3.43. The van der Waals surface area contributed by atoms with Crippen LogP contribution in [0.4, 0.5) is 0 Å². The van der Waals surface area contributed by atoms with Gasteiger partial charge in [-0.25, -0.2) is 13.4 Å². The van der Waals surface area contributed by atoms with E-state index in [1.165, 1.54) is 16.6 Å². The van der Waals surface area contributed by atoms with Crippen LogP contribution < -0.4 is 0 Å². The molecular weight excluding hydrogens is 286 g/mol. The summed E-state index contributed by atoms with van der Waals surface area (Å²) in [6.45, 7) is 1.04. The highest BCUT2D eigenvalue weighted by Gasteiger charge is 2.32. The van der Waals surface area contributed by atoms with Gasteiger partial charge in [0.05, 0.1) is 0 Å². The zero-order valence-corrected chi connectivity index (χ0v) is 12.7. The lowest BCUT2D eigenvalue weighted by molar-refractivity contribution is 0.190. The molecule has 106 valence electrons. The van der Waals surface area contributed by atoms with Crippen LogP contribution in [0.1, 0.15) is 12.8 Å². The highest BCUT2D eigenvalue weighted by Crippen LogP contribution is 2.25. The predicted octanol–water partition coefficient (Wildman–Crippen LogP) is 1.45. The van der Waals surface area contributed by atoms with E-state index in [2.05, 4.69) is 9.88 Å². The Hall–Kier alpha value is -0.690. The molecular formula is C12H18ClN3O2S. The normalized spacial score (nSPS) is 21.8. The summed E-state index contributed by atoms with van der Waals surface area (Å²) < 4.78 is 26.6. The second kappa shape index (κ2) is 5.75. The molecule has 1 saturated heterocycles. The number of likely N-dealkylation sites (N-methyl/N-ethyl adjacent to an activating group) is 1. The van der Waals surface area contributed by atoms with Gasteiger partial charge in [-0.15, -0.1) is 0 Å². The van der Waals surface area contributed by atoms with Crippen molar-refractivity contribution in [1.82, 2.24) is 14.2 Å². The van der Waals surface area contributed by atoms with Crippen LogP contribution in [0.5, 0.6) is 0 Å². The average molecular weight is 304 g/mol. The van der Waals surface area contributed by atoms with E-state index in [1.54, 1.807) is 6.07 Å². The van der Waals surface area contributed by atoms with Crippen LogP contribution in [-0.4, -0.2) is 55.8 Å². The summed E-state index contributed by atoms with van der Waals surface area (Å²) in [5.74, 6) is 0. The molecule has 0 saturated carbocycles. The van der Waals surface area contributed by atoms with Gasteiger partial charge < -0.3 is 4.90 Å². The van der Waals surface area contributed by atoms with E-state index < -0.39 is 10.0 Å². The maximum atomic E-state index is 12.6. The van der Waals surface area contributed by atoms with Crippen molar-refractivity contribution in [3.8, 4) is 0 Å². The lowest BCUT2D eigenvalue weighted by Gasteiger charge is -2.35. The second-order valence-electron chi connectivity index (χ2n) is 4.92. The summed E-state index contributed by atoms with van der Waals surface area (Å²) in [4.78, 5) is 6.00. The van der Waals surface area contributed by atoms with Crippen molar-refractivity contribution < 1.29 is 8.42 Å². The minimum atomic E-state index is -3.55. The third-order valence-corrected chi connectivity index (χ3v) is 5.74. The fraction of sp³-hybridized carbons (Fsp3) is 0.583. The highest BCUT2D eigenvalue weighted by atomic mass is 35.5. The van der Waals surface area contributed by atoms with E-state index in [0.717, 1.165) is 12.8 Å². The van der Waals surface area contributed by atoms with Crippen molar-refractivity contribution in [1.29, 1.82) is 0 Å². The summed E-state index contributed by atoms with van der Waals surface area (Å²) in [7, 11) is 0.393. The van der Waals surface area contributed by atoms with Crippen molar-refractivity contribution in [2.75, 3.05) is 27.2 Å². The summed E-state index contributed by atoms with van der Waals surface area (Å²) >= 11 is 5.90. The Labute approximate surface area is 119 Å². The molecule has 0 aliphatic carbocycles. The second-order valence-corrected chi connectivity index (χ2v) is 7.18. The lowest BCUT2D eigenvalue weighted by atomic mass is 10.1. The van der Waals surface area contributed by atoms with Crippen LogP contribution in [0, 0.1) is 0 Å². The molecule has 0 aromatic carbocycles. The number of rotatable bonds is 3. The van der Waals surface area contributed by atoms with Gasteiger partial charge in [0, 0.05) is 25.3 Å². The van der Waals surface area contributed by atoms with E-state index in [9.17, 15) is 8.42 Å². The van der Waals surface area contributed by atoms with Gasteiger partial charge in [-0.1, -0.05) is 11.6 Å². The Bertz CT molecular complexity index is 548. The summed E-state index contributed by atoms with van der Waals surface area (Å²) in [5.41, 5.74) is 0. The molecule has 1 unspecified atom stereocenters.